The fourth-order valence-corrected chi connectivity index (χ4v) is 4.16. The van der Waals surface area contributed by atoms with Gasteiger partial charge in [0.2, 0.25) is 0 Å². The van der Waals surface area contributed by atoms with Crippen LogP contribution in [0.5, 0.6) is 0 Å². The van der Waals surface area contributed by atoms with Gasteiger partial charge in [0.1, 0.15) is 5.82 Å². The normalized spacial score (nSPS) is 16.9. The number of aromatic amines is 1. The Bertz CT molecular complexity index is 1270. The Kier molecular flexibility index (Phi) is 3.79. The topological polar surface area (TPSA) is 71.0 Å². The van der Waals surface area contributed by atoms with Crippen molar-refractivity contribution in [1.82, 2.24) is 19.4 Å². The molecule has 1 atom stereocenters. The van der Waals surface area contributed by atoms with E-state index in [-0.39, 0.29) is 17.5 Å². The van der Waals surface area contributed by atoms with Crippen LogP contribution < -0.4 is 5.56 Å². The van der Waals surface area contributed by atoms with Gasteiger partial charge in [-0.05, 0) is 49.2 Å². The van der Waals surface area contributed by atoms with Gasteiger partial charge in [0.15, 0.2) is 0 Å². The molecule has 140 valence electrons. The number of hydrogen-bond donors (Lipinski definition) is 1. The van der Waals surface area contributed by atoms with Crippen LogP contribution in [0.2, 0.25) is 0 Å². The van der Waals surface area contributed by atoms with Gasteiger partial charge in [-0.1, -0.05) is 12.1 Å². The molecule has 6 nitrogen and oxygen atoms in total. The predicted molar refractivity (Wildman–Crippen MR) is 108 cm³/mol. The average Bonchev–Trinajstić information content (AvgIpc) is 3.39. The number of nitrogens with zero attached hydrogens (tertiary/aromatic N) is 3. The maximum atomic E-state index is 13.3. The van der Waals surface area contributed by atoms with Crippen LogP contribution in [0.25, 0.3) is 21.8 Å². The second kappa shape index (κ2) is 6.34. The van der Waals surface area contributed by atoms with Crippen LogP contribution in [0.4, 0.5) is 0 Å². The van der Waals surface area contributed by atoms with E-state index in [9.17, 15) is 9.59 Å². The van der Waals surface area contributed by atoms with Crippen LogP contribution in [0.3, 0.4) is 0 Å². The first-order chi connectivity index (χ1) is 13.6. The van der Waals surface area contributed by atoms with E-state index >= 15 is 0 Å². The number of carbonyl (C=O) groups excluding carboxylic acids is 1. The first-order valence-electron chi connectivity index (χ1n) is 9.47. The molecule has 0 radical (unpaired) electrons. The molecule has 0 bridgehead atoms. The van der Waals surface area contributed by atoms with Gasteiger partial charge in [-0.25, -0.2) is 4.98 Å². The monoisotopic (exact) mass is 372 g/mol. The third-order valence-electron chi connectivity index (χ3n) is 5.63. The minimum atomic E-state index is -0.197. The molecule has 2 aromatic carbocycles. The number of carbonyl (C=O) groups is 1. The smallest absolute Gasteiger partial charge is 0.261 e. The number of hydrogen-bond acceptors (Lipinski definition) is 3. The molecule has 1 aliphatic rings. The summed E-state index contributed by atoms with van der Waals surface area (Å²) in [5.41, 5.74) is 2.26. The van der Waals surface area contributed by atoms with Crippen molar-refractivity contribution in [3.8, 4) is 0 Å². The number of rotatable bonds is 2. The summed E-state index contributed by atoms with van der Waals surface area (Å²) in [6.07, 6.45) is 3.56. The SMILES string of the molecule is Cn1c(C2CCCN2C(=O)c2ccc3[nH]ccc3c2)nc2ccccc2c1=O. The van der Waals surface area contributed by atoms with Crippen LogP contribution >= 0.6 is 0 Å². The summed E-state index contributed by atoms with van der Waals surface area (Å²) in [5, 5.41) is 1.61. The fourth-order valence-electron chi connectivity index (χ4n) is 4.16. The van der Waals surface area contributed by atoms with Crippen LogP contribution in [0, 0.1) is 0 Å². The summed E-state index contributed by atoms with van der Waals surface area (Å²) >= 11 is 0. The number of amides is 1. The van der Waals surface area contributed by atoms with E-state index in [1.807, 2.05) is 53.6 Å². The number of benzene rings is 2. The number of fused-ring (bicyclic) bond motifs is 2. The molecule has 4 aromatic rings. The van der Waals surface area contributed by atoms with Crippen molar-refractivity contribution in [2.75, 3.05) is 6.54 Å². The molecule has 1 fully saturated rings. The maximum absolute atomic E-state index is 13.3. The second-order valence-corrected chi connectivity index (χ2v) is 7.29. The standard InChI is InChI=1S/C22H20N4O2/c1-25-20(24-18-6-3-2-5-16(18)22(25)28)19-7-4-12-26(19)21(27)15-8-9-17-14(13-15)10-11-23-17/h2-3,5-6,8-11,13,19,23H,4,7,12H2,1H3. The Hall–Kier alpha value is -3.41. The number of likely N-dealkylation sites (tertiary alicyclic amines) is 1. The van der Waals surface area contributed by atoms with Crippen molar-refractivity contribution >= 4 is 27.7 Å². The lowest BCUT2D eigenvalue weighted by Crippen LogP contribution is -2.34. The predicted octanol–water partition coefficient (Wildman–Crippen LogP) is 3.39. The van der Waals surface area contributed by atoms with Gasteiger partial charge < -0.3 is 9.88 Å². The van der Waals surface area contributed by atoms with Crippen molar-refractivity contribution in [2.24, 2.45) is 7.05 Å². The third-order valence-corrected chi connectivity index (χ3v) is 5.63. The number of nitrogens with one attached hydrogen (secondary N) is 1. The van der Waals surface area contributed by atoms with Gasteiger partial charge in [-0.3, -0.25) is 14.2 Å². The van der Waals surface area contributed by atoms with Crippen LogP contribution in [0.15, 0.2) is 59.5 Å². The number of aromatic nitrogens is 3. The summed E-state index contributed by atoms with van der Waals surface area (Å²) in [7, 11) is 1.74. The Morgan fingerprint density at radius 1 is 1.18 bits per heavy atom. The van der Waals surface area contributed by atoms with E-state index in [4.69, 9.17) is 4.98 Å². The minimum absolute atomic E-state index is 0.0204. The van der Waals surface area contributed by atoms with E-state index in [1.54, 1.807) is 17.7 Å². The first-order valence-corrected chi connectivity index (χ1v) is 9.47. The molecule has 1 aliphatic heterocycles. The van der Waals surface area contributed by atoms with Gasteiger partial charge in [-0.2, -0.15) is 0 Å². The molecule has 1 amide bonds. The van der Waals surface area contributed by atoms with Crippen LogP contribution in [0.1, 0.15) is 35.1 Å². The largest absolute Gasteiger partial charge is 0.361 e. The zero-order valence-corrected chi connectivity index (χ0v) is 15.6. The molecule has 0 aliphatic carbocycles. The Balaban J connectivity index is 1.57. The number of H-pyrrole nitrogens is 1. The molecule has 2 aromatic heterocycles. The molecule has 1 N–H and O–H groups in total. The molecular weight excluding hydrogens is 352 g/mol. The zero-order valence-electron chi connectivity index (χ0n) is 15.6. The summed E-state index contributed by atoms with van der Waals surface area (Å²) in [4.78, 5) is 35.8. The maximum Gasteiger partial charge on any atom is 0.261 e. The molecule has 28 heavy (non-hydrogen) atoms. The van der Waals surface area contributed by atoms with E-state index in [0.29, 0.717) is 28.8 Å². The third kappa shape index (κ3) is 2.52. The van der Waals surface area contributed by atoms with Crippen molar-refractivity contribution in [1.29, 1.82) is 0 Å². The summed E-state index contributed by atoms with van der Waals surface area (Å²) in [5.74, 6) is 0.630. The molecule has 6 heteroatoms. The first kappa shape index (κ1) is 16.7. The molecule has 0 saturated carbocycles. The lowest BCUT2D eigenvalue weighted by Gasteiger charge is -2.26. The Morgan fingerprint density at radius 2 is 2.04 bits per heavy atom. The fraction of sp³-hybridized carbons (Fsp3) is 0.227. The minimum Gasteiger partial charge on any atom is -0.361 e. The van der Waals surface area contributed by atoms with E-state index in [2.05, 4.69) is 4.98 Å². The molecule has 1 saturated heterocycles. The Morgan fingerprint density at radius 3 is 2.93 bits per heavy atom. The lowest BCUT2D eigenvalue weighted by atomic mass is 10.1. The van der Waals surface area contributed by atoms with Crippen molar-refractivity contribution in [3.63, 3.8) is 0 Å². The van der Waals surface area contributed by atoms with Crippen molar-refractivity contribution in [3.05, 3.63) is 76.5 Å². The van der Waals surface area contributed by atoms with Gasteiger partial charge >= 0.3 is 0 Å². The molecule has 3 heterocycles. The van der Waals surface area contributed by atoms with Gasteiger partial charge in [0.05, 0.1) is 16.9 Å². The van der Waals surface area contributed by atoms with Crippen LogP contribution in [-0.4, -0.2) is 31.9 Å². The highest BCUT2D eigenvalue weighted by atomic mass is 16.2. The van der Waals surface area contributed by atoms with E-state index < -0.39 is 0 Å². The average molecular weight is 372 g/mol. The van der Waals surface area contributed by atoms with Gasteiger partial charge in [0, 0.05) is 36.3 Å². The Labute approximate surface area is 161 Å². The van der Waals surface area contributed by atoms with Gasteiger partial charge in [-0.15, -0.1) is 0 Å². The summed E-state index contributed by atoms with van der Waals surface area (Å²) < 4.78 is 1.59. The molecule has 1 unspecified atom stereocenters. The van der Waals surface area contributed by atoms with Crippen molar-refractivity contribution in [2.45, 2.75) is 18.9 Å². The second-order valence-electron chi connectivity index (χ2n) is 7.29. The summed E-state index contributed by atoms with van der Waals surface area (Å²) in [6.45, 7) is 0.664. The van der Waals surface area contributed by atoms with Crippen molar-refractivity contribution < 1.29 is 4.79 Å². The zero-order chi connectivity index (χ0) is 19.3. The highest BCUT2D eigenvalue weighted by Crippen LogP contribution is 2.32. The highest BCUT2D eigenvalue weighted by molar-refractivity contribution is 5.98. The van der Waals surface area contributed by atoms with Crippen LogP contribution in [-0.2, 0) is 7.05 Å². The molecule has 5 rings (SSSR count). The summed E-state index contributed by atoms with van der Waals surface area (Å²) in [6, 6.07) is 14.8. The highest BCUT2D eigenvalue weighted by Gasteiger charge is 2.33. The van der Waals surface area contributed by atoms with E-state index in [0.717, 1.165) is 23.7 Å². The molecule has 0 spiro atoms. The lowest BCUT2D eigenvalue weighted by molar-refractivity contribution is 0.0727. The van der Waals surface area contributed by atoms with E-state index in [1.165, 1.54) is 0 Å². The number of para-hydroxylation sites is 1. The quantitative estimate of drug-likeness (QED) is 0.586. The molecular formula is C22H20N4O2. The van der Waals surface area contributed by atoms with Gasteiger partial charge in [0.25, 0.3) is 11.5 Å².